The van der Waals surface area contributed by atoms with Crippen LogP contribution in [0.15, 0.2) is 24.5 Å². The third-order valence-corrected chi connectivity index (χ3v) is 3.34. The molecule has 3 rings (SSSR count). The minimum Gasteiger partial charge on any atom is -0.310 e. The largest absolute Gasteiger partial charge is 0.310 e. The van der Waals surface area contributed by atoms with Crippen molar-refractivity contribution in [1.82, 2.24) is 20.1 Å². The highest BCUT2D eigenvalue weighted by Gasteiger charge is 2.20. The normalized spacial score (nSPS) is 14.3. The maximum atomic E-state index is 8.73. The molecule has 96 valence electrons. The van der Waals surface area contributed by atoms with Crippen LogP contribution in [0.1, 0.15) is 29.8 Å². The van der Waals surface area contributed by atoms with E-state index < -0.39 is 0 Å². The van der Waals surface area contributed by atoms with E-state index >= 15 is 0 Å². The van der Waals surface area contributed by atoms with Gasteiger partial charge in [-0.05, 0) is 43.0 Å². The van der Waals surface area contributed by atoms with E-state index in [4.69, 9.17) is 5.26 Å². The lowest BCUT2D eigenvalue weighted by Gasteiger charge is -2.09. The van der Waals surface area contributed by atoms with Gasteiger partial charge in [0.05, 0.1) is 5.69 Å². The van der Waals surface area contributed by atoms with Gasteiger partial charge in [0, 0.05) is 12.6 Å². The molecule has 5 nitrogen and oxygen atoms in total. The van der Waals surface area contributed by atoms with Crippen molar-refractivity contribution in [3.8, 4) is 11.8 Å². The third-order valence-electron chi connectivity index (χ3n) is 3.34. The Labute approximate surface area is 111 Å². The number of nitrogens with zero attached hydrogens (tertiary/aromatic N) is 4. The first-order valence-corrected chi connectivity index (χ1v) is 6.41. The molecule has 1 fully saturated rings. The summed E-state index contributed by atoms with van der Waals surface area (Å²) in [6, 6.07) is 8.83. The Morgan fingerprint density at radius 2 is 2.32 bits per heavy atom. The summed E-state index contributed by atoms with van der Waals surface area (Å²) in [4.78, 5) is 3.91. The van der Waals surface area contributed by atoms with E-state index in [1.165, 1.54) is 24.0 Å². The minimum absolute atomic E-state index is 0.192. The van der Waals surface area contributed by atoms with Gasteiger partial charge in [0.25, 0.3) is 5.82 Å². The molecule has 0 bridgehead atoms. The van der Waals surface area contributed by atoms with Gasteiger partial charge in [-0.15, -0.1) is 5.10 Å². The fraction of sp³-hybridized carbons (Fsp3) is 0.357. The highest BCUT2D eigenvalue weighted by Crippen LogP contribution is 2.20. The molecule has 1 saturated carbocycles. The predicted octanol–water partition coefficient (Wildman–Crippen LogP) is 1.70. The van der Waals surface area contributed by atoms with E-state index in [2.05, 4.69) is 34.5 Å². The second-order valence-corrected chi connectivity index (χ2v) is 4.89. The standard InChI is InChI=1S/C14H15N5/c1-10-6-13(19-9-17-14(7-15)18-19)5-2-11(10)8-16-12-3-4-12/h2,5-6,9,12,16H,3-4,8H2,1H3. The van der Waals surface area contributed by atoms with Crippen LogP contribution in [0.25, 0.3) is 5.69 Å². The Bertz CT molecular complexity index is 634. The molecule has 0 radical (unpaired) electrons. The van der Waals surface area contributed by atoms with Crippen LogP contribution in [0.3, 0.4) is 0 Å². The number of benzene rings is 1. The monoisotopic (exact) mass is 253 g/mol. The topological polar surface area (TPSA) is 66.5 Å². The van der Waals surface area contributed by atoms with Gasteiger partial charge in [-0.3, -0.25) is 0 Å². The molecule has 2 aromatic rings. The Balaban J connectivity index is 1.79. The predicted molar refractivity (Wildman–Crippen MR) is 70.7 cm³/mol. The number of nitriles is 1. The molecule has 1 aliphatic carbocycles. The minimum atomic E-state index is 0.192. The SMILES string of the molecule is Cc1cc(-n2cnc(C#N)n2)ccc1CNC1CC1. The van der Waals surface area contributed by atoms with Crippen molar-refractivity contribution in [2.75, 3.05) is 0 Å². The van der Waals surface area contributed by atoms with E-state index in [9.17, 15) is 0 Å². The molecule has 1 aliphatic rings. The van der Waals surface area contributed by atoms with Gasteiger partial charge < -0.3 is 5.32 Å². The number of hydrogen-bond acceptors (Lipinski definition) is 4. The number of nitrogens with one attached hydrogen (secondary N) is 1. The van der Waals surface area contributed by atoms with Gasteiger partial charge in [-0.1, -0.05) is 6.07 Å². The van der Waals surface area contributed by atoms with Gasteiger partial charge in [0.1, 0.15) is 12.4 Å². The zero-order chi connectivity index (χ0) is 13.2. The number of rotatable bonds is 4. The molecule has 1 aromatic heterocycles. The zero-order valence-electron chi connectivity index (χ0n) is 10.8. The molecule has 19 heavy (non-hydrogen) atoms. The lowest BCUT2D eigenvalue weighted by Crippen LogP contribution is -2.16. The van der Waals surface area contributed by atoms with Crippen LogP contribution in [-0.2, 0) is 6.54 Å². The van der Waals surface area contributed by atoms with Crippen molar-refractivity contribution in [3.05, 3.63) is 41.5 Å². The Kier molecular flexibility index (Phi) is 3.02. The Morgan fingerprint density at radius 1 is 1.47 bits per heavy atom. The molecule has 1 heterocycles. The summed E-state index contributed by atoms with van der Waals surface area (Å²) in [7, 11) is 0. The van der Waals surface area contributed by atoms with E-state index in [1.807, 2.05) is 12.1 Å². The first-order chi connectivity index (χ1) is 9.26. The van der Waals surface area contributed by atoms with Crippen molar-refractivity contribution < 1.29 is 0 Å². The maximum absolute atomic E-state index is 8.73. The van der Waals surface area contributed by atoms with Crippen LogP contribution in [-0.4, -0.2) is 20.8 Å². The molecule has 0 aliphatic heterocycles. The summed E-state index contributed by atoms with van der Waals surface area (Å²) in [6.07, 6.45) is 4.16. The number of hydrogen-bond donors (Lipinski definition) is 1. The van der Waals surface area contributed by atoms with Crippen molar-refractivity contribution >= 4 is 0 Å². The second kappa shape index (κ2) is 4.82. The lowest BCUT2D eigenvalue weighted by molar-refractivity contribution is 0.685. The molecule has 5 heteroatoms. The summed E-state index contributed by atoms with van der Waals surface area (Å²) < 4.78 is 1.63. The van der Waals surface area contributed by atoms with E-state index in [0.29, 0.717) is 6.04 Å². The summed E-state index contributed by atoms with van der Waals surface area (Å²) in [5.41, 5.74) is 3.46. The van der Waals surface area contributed by atoms with Crippen LogP contribution in [0.4, 0.5) is 0 Å². The fourth-order valence-electron chi connectivity index (χ4n) is 2.00. The lowest BCUT2D eigenvalue weighted by atomic mass is 10.1. The second-order valence-electron chi connectivity index (χ2n) is 4.89. The fourth-order valence-corrected chi connectivity index (χ4v) is 2.00. The molecule has 0 saturated heterocycles. The highest BCUT2D eigenvalue weighted by atomic mass is 15.3. The van der Waals surface area contributed by atoms with Crippen molar-refractivity contribution in [2.24, 2.45) is 0 Å². The molecule has 0 atom stereocenters. The van der Waals surface area contributed by atoms with E-state index in [1.54, 1.807) is 11.0 Å². The van der Waals surface area contributed by atoms with Gasteiger partial charge in [-0.2, -0.15) is 5.26 Å². The smallest absolute Gasteiger partial charge is 0.252 e. The summed E-state index contributed by atoms with van der Waals surface area (Å²) in [5, 5.41) is 16.3. The van der Waals surface area contributed by atoms with Crippen molar-refractivity contribution in [1.29, 1.82) is 5.26 Å². The van der Waals surface area contributed by atoms with Gasteiger partial charge in [0.2, 0.25) is 0 Å². The Morgan fingerprint density at radius 3 is 2.95 bits per heavy atom. The first-order valence-electron chi connectivity index (χ1n) is 6.41. The average Bonchev–Trinajstić information content (AvgIpc) is 3.12. The molecule has 0 spiro atoms. The first kappa shape index (κ1) is 11.9. The van der Waals surface area contributed by atoms with E-state index in [-0.39, 0.29) is 5.82 Å². The van der Waals surface area contributed by atoms with Crippen LogP contribution in [0.5, 0.6) is 0 Å². The summed E-state index contributed by atoms with van der Waals surface area (Å²) in [6.45, 7) is 3.01. The molecule has 1 N–H and O–H groups in total. The molecular weight excluding hydrogens is 238 g/mol. The van der Waals surface area contributed by atoms with Crippen LogP contribution in [0, 0.1) is 18.3 Å². The van der Waals surface area contributed by atoms with Crippen LogP contribution in [0.2, 0.25) is 0 Å². The quantitative estimate of drug-likeness (QED) is 0.900. The van der Waals surface area contributed by atoms with Gasteiger partial charge in [-0.25, -0.2) is 9.67 Å². The van der Waals surface area contributed by atoms with Crippen molar-refractivity contribution in [3.63, 3.8) is 0 Å². The van der Waals surface area contributed by atoms with Crippen molar-refractivity contribution in [2.45, 2.75) is 32.4 Å². The number of aromatic nitrogens is 3. The van der Waals surface area contributed by atoms with Gasteiger partial charge in [0.15, 0.2) is 0 Å². The summed E-state index contributed by atoms with van der Waals surface area (Å²) in [5.74, 6) is 0.192. The van der Waals surface area contributed by atoms with E-state index in [0.717, 1.165) is 12.2 Å². The van der Waals surface area contributed by atoms with Crippen LogP contribution < -0.4 is 5.32 Å². The highest BCUT2D eigenvalue weighted by molar-refractivity contribution is 5.39. The molecule has 0 unspecified atom stereocenters. The third kappa shape index (κ3) is 2.64. The zero-order valence-corrected chi connectivity index (χ0v) is 10.8. The maximum Gasteiger partial charge on any atom is 0.252 e. The molecular formula is C14H15N5. The van der Waals surface area contributed by atoms with Crippen LogP contribution >= 0.6 is 0 Å². The Hall–Kier alpha value is -2.19. The average molecular weight is 253 g/mol. The number of aryl methyl sites for hydroxylation is 1. The summed E-state index contributed by atoms with van der Waals surface area (Å²) >= 11 is 0. The molecule has 0 amide bonds. The molecule has 1 aromatic carbocycles. The van der Waals surface area contributed by atoms with Gasteiger partial charge >= 0.3 is 0 Å².